The van der Waals surface area contributed by atoms with Gasteiger partial charge in [-0.1, -0.05) is 36.4 Å². The summed E-state index contributed by atoms with van der Waals surface area (Å²) < 4.78 is 11.3. The van der Waals surface area contributed by atoms with E-state index in [2.05, 4.69) is 5.32 Å². The first-order chi connectivity index (χ1) is 12.7. The number of Topliss-reactive ketones (excluding diaryl/α,β-unsaturated/α-hetero) is 1. The molecule has 0 aliphatic heterocycles. The monoisotopic (exact) mass is 347 g/mol. The van der Waals surface area contributed by atoms with Gasteiger partial charge in [-0.3, -0.25) is 9.59 Å². The Morgan fingerprint density at radius 3 is 2.04 bits per heavy atom. The van der Waals surface area contributed by atoms with Crippen molar-refractivity contribution in [3.05, 3.63) is 72.2 Å². The minimum Gasteiger partial charge on any atom is -0.461 e. The fourth-order valence-electron chi connectivity index (χ4n) is 2.90. The second-order valence-corrected chi connectivity index (χ2v) is 6.11. The highest BCUT2D eigenvalue weighted by Crippen LogP contribution is 2.20. The van der Waals surface area contributed by atoms with Gasteiger partial charge in [0.2, 0.25) is 5.78 Å². The minimum atomic E-state index is -0.610. The van der Waals surface area contributed by atoms with Gasteiger partial charge < -0.3 is 14.2 Å². The number of para-hydroxylation sites is 2. The van der Waals surface area contributed by atoms with Crippen LogP contribution in [0.3, 0.4) is 0 Å². The summed E-state index contributed by atoms with van der Waals surface area (Å²) in [7, 11) is 0. The molecule has 0 spiro atoms. The van der Waals surface area contributed by atoms with Crippen molar-refractivity contribution in [2.75, 3.05) is 0 Å². The van der Waals surface area contributed by atoms with E-state index < -0.39 is 11.7 Å². The number of amides is 1. The number of rotatable bonds is 6. The first-order valence-electron chi connectivity index (χ1n) is 8.45. The van der Waals surface area contributed by atoms with Crippen LogP contribution in [0.25, 0.3) is 21.9 Å². The number of hydrogen-bond donors (Lipinski definition) is 1. The number of furan rings is 2. The van der Waals surface area contributed by atoms with E-state index >= 15 is 0 Å². The molecule has 2 aromatic carbocycles. The van der Waals surface area contributed by atoms with Gasteiger partial charge in [0.25, 0.3) is 5.91 Å². The predicted octanol–water partition coefficient (Wildman–Crippen LogP) is 4.00. The van der Waals surface area contributed by atoms with Gasteiger partial charge >= 0.3 is 0 Å². The Labute approximate surface area is 149 Å². The maximum atomic E-state index is 12.0. The molecule has 0 fully saturated rings. The van der Waals surface area contributed by atoms with Crippen LogP contribution in [0.1, 0.15) is 17.9 Å². The summed E-state index contributed by atoms with van der Waals surface area (Å²) in [5.74, 6) is 0.234. The van der Waals surface area contributed by atoms with Gasteiger partial charge in [0.05, 0.1) is 6.54 Å². The maximum Gasteiger partial charge on any atom is 0.287 e. The molecule has 0 saturated carbocycles. The Morgan fingerprint density at radius 1 is 0.808 bits per heavy atom. The van der Waals surface area contributed by atoms with Crippen molar-refractivity contribution in [1.29, 1.82) is 0 Å². The van der Waals surface area contributed by atoms with E-state index in [-0.39, 0.29) is 13.0 Å². The molecule has 5 heteroatoms. The van der Waals surface area contributed by atoms with Crippen molar-refractivity contribution in [1.82, 2.24) is 5.32 Å². The number of benzene rings is 2. The van der Waals surface area contributed by atoms with Crippen LogP contribution < -0.4 is 5.32 Å². The summed E-state index contributed by atoms with van der Waals surface area (Å²) >= 11 is 0. The third kappa shape index (κ3) is 3.37. The zero-order valence-electron chi connectivity index (χ0n) is 14.0. The molecule has 130 valence electrons. The summed E-state index contributed by atoms with van der Waals surface area (Å²) in [4.78, 5) is 24.0. The fraction of sp³-hybridized carbons (Fsp3) is 0.143. The summed E-state index contributed by atoms with van der Waals surface area (Å²) in [6, 6.07) is 19.0. The van der Waals surface area contributed by atoms with Gasteiger partial charge in [0.1, 0.15) is 22.7 Å². The van der Waals surface area contributed by atoms with Crippen LogP contribution in [0.5, 0.6) is 0 Å². The number of fused-ring (bicyclic) bond motifs is 2. The van der Waals surface area contributed by atoms with Crippen LogP contribution >= 0.6 is 0 Å². The van der Waals surface area contributed by atoms with Gasteiger partial charge in [-0.2, -0.15) is 0 Å². The Bertz CT molecular complexity index is 935. The zero-order chi connectivity index (χ0) is 17.9. The molecule has 0 radical (unpaired) electrons. The molecule has 0 unspecified atom stereocenters. The van der Waals surface area contributed by atoms with Crippen molar-refractivity contribution >= 4 is 33.6 Å². The van der Waals surface area contributed by atoms with Crippen LogP contribution in [0.15, 0.2) is 69.5 Å². The van der Waals surface area contributed by atoms with Crippen LogP contribution in [-0.4, -0.2) is 11.7 Å². The van der Waals surface area contributed by atoms with Crippen molar-refractivity contribution in [2.24, 2.45) is 0 Å². The number of carbonyl (C=O) groups is 2. The summed E-state index contributed by atoms with van der Waals surface area (Å²) in [6.45, 7) is 0.184. The van der Waals surface area contributed by atoms with Crippen molar-refractivity contribution < 1.29 is 18.4 Å². The number of nitrogens with one attached hydrogen (secondary N) is 1. The van der Waals surface area contributed by atoms with Crippen molar-refractivity contribution in [3.63, 3.8) is 0 Å². The summed E-state index contributed by atoms with van der Waals surface area (Å²) in [5.41, 5.74) is 1.54. The molecule has 26 heavy (non-hydrogen) atoms. The molecule has 4 aromatic rings. The van der Waals surface area contributed by atoms with Gasteiger partial charge in [-0.05, 0) is 24.3 Å². The van der Waals surface area contributed by atoms with Crippen molar-refractivity contribution in [3.8, 4) is 0 Å². The van der Waals surface area contributed by atoms with Crippen LogP contribution in [0, 0.1) is 0 Å². The largest absolute Gasteiger partial charge is 0.461 e. The molecule has 2 aromatic heterocycles. The maximum absolute atomic E-state index is 12.0. The van der Waals surface area contributed by atoms with Gasteiger partial charge in [0.15, 0.2) is 0 Å². The molecule has 1 N–H and O–H groups in total. The lowest BCUT2D eigenvalue weighted by molar-refractivity contribution is -0.138. The van der Waals surface area contributed by atoms with E-state index in [1.165, 1.54) is 0 Å². The van der Waals surface area contributed by atoms with Crippen molar-refractivity contribution in [2.45, 2.75) is 19.4 Å². The molecular formula is C21H17NO4. The number of carbonyl (C=O) groups excluding carboxylic acids is 2. The van der Waals surface area contributed by atoms with Gasteiger partial charge in [-0.15, -0.1) is 0 Å². The molecule has 4 rings (SSSR count). The number of ketones is 1. The highest BCUT2D eigenvalue weighted by molar-refractivity contribution is 6.36. The lowest BCUT2D eigenvalue weighted by atomic mass is 10.1. The second kappa shape index (κ2) is 6.88. The normalized spacial score (nSPS) is 11.1. The highest BCUT2D eigenvalue weighted by Gasteiger charge is 2.15. The lowest BCUT2D eigenvalue weighted by Gasteiger charge is -2.01. The van der Waals surface area contributed by atoms with E-state index in [1.807, 2.05) is 60.7 Å². The molecule has 2 heterocycles. The Kier molecular flexibility index (Phi) is 4.27. The molecule has 1 amide bonds. The fourth-order valence-corrected chi connectivity index (χ4v) is 2.90. The Balaban J connectivity index is 1.31. The standard InChI is InChI=1S/C21H17NO4/c23-18(10-9-16-11-14-5-1-3-7-19(14)25-16)21(24)22-13-17-12-15-6-2-4-8-20(15)26-17/h1-8,11-12H,9-10,13H2,(H,22,24). The molecule has 0 aliphatic carbocycles. The average Bonchev–Trinajstić information content (AvgIpc) is 3.27. The van der Waals surface area contributed by atoms with Crippen LogP contribution in [-0.2, 0) is 22.6 Å². The Morgan fingerprint density at radius 2 is 1.38 bits per heavy atom. The van der Waals surface area contributed by atoms with E-state index in [9.17, 15) is 9.59 Å². The zero-order valence-corrected chi connectivity index (χ0v) is 14.0. The lowest BCUT2D eigenvalue weighted by Crippen LogP contribution is -2.30. The molecule has 5 nitrogen and oxygen atoms in total. The molecule has 0 atom stereocenters. The first kappa shape index (κ1) is 16.1. The minimum absolute atomic E-state index is 0.103. The van der Waals surface area contributed by atoms with Crippen LogP contribution in [0.4, 0.5) is 0 Å². The molecule has 0 aliphatic rings. The van der Waals surface area contributed by atoms with E-state index in [1.54, 1.807) is 0 Å². The van der Waals surface area contributed by atoms with Gasteiger partial charge in [0, 0.05) is 23.6 Å². The SMILES string of the molecule is O=C(CCc1cc2ccccc2o1)C(=O)NCc1cc2ccccc2o1. The topological polar surface area (TPSA) is 72.5 Å². The second-order valence-electron chi connectivity index (χ2n) is 6.11. The average molecular weight is 347 g/mol. The molecule has 0 saturated heterocycles. The number of hydrogen-bond acceptors (Lipinski definition) is 4. The quantitative estimate of drug-likeness (QED) is 0.535. The number of aryl methyl sites for hydroxylation is 1. The van der Waals surface area contributed by atoms with Crippen LogP contribution in [0.2, 0.25) is 0 Å². The van der Waals surface area contributed by atoms with E-state index in [0.29, 0.717) is 17.9 Å². The summed E-state index contributed by atoms with van der Waals surface area (Å²) in [5, 5.41) is 4.57. The highest BCUT2D eigenvalue weighted by atomic mass is 16.3. The smallest absolute Gasteiger partial charge is 0.287 e. The van der Waals surface area contributed by atoms with E-state index in [0.717, 1.165) is 21.9 Å². The predicted molar refractivity (Wildman–Crippen MR) is 97.6 cm³/mol. The van der Waals surface area contributed by atoms with E-state index in [4.69, 9.17) is 8.83 Å². The Hall–Kier alpha value is -3.34. The molecule has 0 bridgehead atoms. The first-order valence-corrected chi connectivity index (χ1v) is 8.45. The third-order valence-electron chi connectivity index (χ3n) is 4.23. The van der Waals surface area contributed by atoms with Gasteiger partial charge in [-0.25, -0.2) is 0 Å². The summed E-state index contributed by atoms with van der Waals surface area (Å²) in [6.07, 6.45) is 0.497. The third-order valence-corrected chi connectivity index (χ3v) is 4.23. The molecular weight excluding hydrogens is 330 g/mol.